The largest absolute Gasteiger partial charge is 0.382 e. The Morgan fingerprint density at radius 3 is 2.46 bits per heavy atom. The van der Waals surface area contributed by atoms with Crippen LogP contribution in [0.2, 0.25) is 0 Å². The SMILES string of the molecule is Cc1ccc(CC(=O)c2ccc(CN3CCN(C(=O)CCOCCNc4cccc5c4C(=O)N(C4CCC(=O)NC4=O)C5=O)CC3)cc2)cc1Cc1nccc(-c2cccnc2)n1. The number of benzene rings is 3. The van der Waals surface area contributed by atoms with E-state index in [1.807, 2.05) is 59.5 Å². The lowest BCUT2D eigenvalue weighted by atomic mass is 9.97. The summed E-state index contributed by atoms with van der Waals surface area (Å²) < 4.78 is 5.73. The molecular weight excluding hydrogens is 801 g/mol. The number of fused-ring (bicyclic) bond motifs is 1. The number of ketones is 1. The summed E-state index contributed by atoms with van der Waals surface area (Å²) in [5, 5.41) is 5.35. The van der Waals surface area contributed by atoms with Crippen molar-refractivity contribution in [2.24, 2.45) is 0 Å². The van der Waals surface area contributed by atoms with Crippen molar-refractivity contribution in [2.45, 2.75) is 51.6 Å². The number of carbonyl (C=O) groups is 6. The van der Waals surface area contributed by atoms with Crippen molar-refractivity contribution in [2.75, 3.05) is 51.3 Å². The monoisotopic (exact) mass is 848 g/mol. The minimum Gasteiger partial charge on any atom is -0.382 e. The number of hydrogen-bond acceptors (Lipinski definition) is 12. The molecule has 0 aliphatic carbocycles. The van der Waals surface area contributed by atoms with E-state index in [1.165, 1.54) is 0 Å². The molecule has 322 valence electrons. The van der Waals surface area contributed by atoms with Gasteiger partial charge in [0.15, 0.2) is 5.78 Å². The first-order valence-electron chi connectivity index (χ1n) is 21.2. The molecule has 0 bridgehead atoms. The standard InChI is InChI=1S/C48H48N8O7/c1-31-7-8-33(26-36(31)28-42-51-18-15-38(52-42)35-4-3-17-49-29-35)27-41(57)34-11-9-32(10-12-34)30-54-20-22-55(23-21-54)44(59)16-24-63-25-19-50-39-6-2-5-37-45(39)48(62)56(47(37)61)40-13-14-43(58)53-46(40)60/h2-12,15,17-18,26,29,40,50H,13-14,16,19-25,27-28,30H2,1H3,(H,53,58,60). The summed E-state index contributed by atoms with van der Waals surface area (Å²) in [5.41, 5.74) is 7.48. The van der Waals surface area contributed by atoms with Crippen LogP contribution in [0.25, 0.3) is 11.3 Å². The van der Waals surface area contributed by atoms with E-state index in [1.54, 1.807) is 36.8 Å². The number of carbonyl (C=O) groups excluding carboxylic acids is 6. The summed E-state index contributed by atoms with van der Waals surface area (Å²) in [7, 11) is 0. The van der Waals surface area contributed by atoms with Gasteiger partial charge in [0.05, 0.1) is 36.5 Å². The second kappa shape index (κ2) is 19.4. The quantitative estimate of drug-likeness (QED) is 0.0811. The van der Waals surface area contributed by atoms with Crippen molar-refractivity contribution >= 4 is 41.0 Å². The number of rotatable bonds is 16. The zero-order valence-corrected chi connectivity index (χ0v) is 35.0. The number of hydrogen-bond donors (Lipinski definition) is 2. The Balaban J connectivity index is 0.739. The van der Waals surface area contributed by atoms with Crippen molar-refractivity contribution in [3.8, 4) is 11.3 Å². The van der Waals surface area contributed by atoms with E-state index in [2.05, 4.69) is 38.5 Å². The first-order chi connectivity index (χ1) is 30.6. The van der Waals surface area contributed by atoms with Crippen LogP contribution in [0.15, 0.2) is 97.5 Å². The van der Waals surface area contributed by atoms with Crippen LogP contribution in [0.1, 0.15) is 78.4 Å². The Bertz CT molecular complexity index is 2540. The lowest BCUT2D eigenvalue weighted by molar-refractivity contribution is -0.136. The highest BCUT2D eigenvalue weighted by atomic mass is 16.5. The predicted octanol–water partition coefficient (Wildman–Crippen LogP) is 4.43. The van der Waals surface area contributed by atoms with Gasteiger partial charge in [-0.1, -0.05) is 48.5 Å². The molecule has 2 N–H and O–H groups in total. The molecule has 5 heterocycles. The average Bonchev–Trinajstić information content (AvgIpc) is 3.55. The number of imide groups is 2. The molecule has 0 saturated carbocycles. The molecule has 63 heavy (non-hydrogen) atoms. The van der Waals surface area contributed by atoms with E-state index >= 15 is 0 Å². The molecule has 0 spiro atoms. The van der Waals surface area contributed by atoms with Crippen LogP contribution in [0.3, 0.4) is 0 Å². The normalized spacial score (nSPS) is 16.6. The second-order valence-electron chi connectivity index (χ2n) is 16.0. The van der Waals surface area contributed by atoms with Gasteiger partial charge in [-0.2, -0.15) is 0 Å². The third-order valence-corrected chi connectivity index (χ3v) is 11.7. The minimum absolute atomic E-state index is 0.0214. The lowest BCUT2D eigenvalue weighted by Gasteiger charge is -2.34. The van der Waals surface area contributed by atoms with E-state index in [9.17, 15) is 28.8 Å². The third kappa shape index (κ3) is 10.1. The maximum absolute atomic E-state index is 13.4. The molecule has 2 aromatic heterocycles. The Kier molecular flexibility index (Phi) is 13.1. The summed E-state index contributed by atoms with van der Waals surface area (Å²) in [6.45, 7) is 6.29. The molecule has 3 aliphatic heterocycles. The second-order valence-corrected chi connectivity index (χ2v) is 16.0. The van der Waals surface area contributed by atoms with Crippen molar-refractivity contribution in [3.05, 3.63) is 142 Å². The number of piperidine rings is 1. The van der Waals surface area contributed by atoms with Crippen molar-refractivity contribution in [1.82, 2.24) is 35.0 Å². The van der Waals surface area contributed by atoms with Crippen LogP contribution in [-0.2, 0) is 38.5 Å². The van der Waals surface area contributed by atoms with Gasteiger partial charge >= 0.3 is 0 Å². The molecule has 1 atom stereocenters. The van der Waals surface area contributed by atoms with E-state index in [0.29, 0.717) is 43.1 Å². The number of piperazine rings is 1. The van der Waals surface area contributed by atoms with Gasteiger partial charge in [-0.3, -0.25) is 48.9 Å². The van der Waals surface area contributed by atoms with Crippen molar-refractivity contribution in [3.63, 3.8) is 0 Å². The van der Waals surface area contributed by atoms with E-state index in [-0.39, 0.29) is 61.7 Å². The maximum atomic E-state index is 13.4. The molecule has 3 aromatic carbocycles. The van der Waals surface area contributed by atoms with E-state index in [4.69, 9.17) is 9.72 Å². The van der Waals surface area contributed by atoms with Crippen LogP contribution < -0.4 is 10.6 Å². The number of Topliss-reactive ketones (excluding diaryl/α,β-unsaturated/α-hetero) is 1. The summed E-state index contributed by atoms with van der Waals surface area (Å²) in [5.74, 6) is -1.46. The predicted molar refractivity (Wildman–Crippen MR) is 233 cm³/mol. The van der Waals surface area contributed by atoms with Gasteiger partial charge in [0.25, 0.3) is 11.8 Å². The number of nitrogens with zero attached hydrogens (tertiary/aromatic N) is 6. The fourth-order valence-electron chi connectivity index (χ4n) is 8.19. The molecule has 2 fully saturated rings. The lowest BCUT2D eigenvalue weighted by Crippen LogP contribution is -2.54. The molecule has 1 unspecified atom stereocenters. The van der Waals surface area contributed by atoms with Gasteiger partial charge in [-0.05, 0) is 65.9 Å². The van der Waals surface area contributed by atoms with Gasteiger partial charge in [0.2, 0.25) is 17.7 Å². The van der Waals surface area contributed by atoms with Crippen LogP contribution in [-0.4, -0.2) is 117 Å². The highest BCUT2D eigenvalue weighted by Gasteiger charge is 2.45. The zero-order chi connectivity index (χ0) is 43.9. The Morgan fingerprint density at radius 1 is 0.873 bits per heavy atom. The molecule has 8 rings (SSSR count). The Morgan fingerprint density at radius 2 is 1.68 bits per heavy atom. The molecule has 15 nitrogen and oxygen atoms in total. The maximum Gasteiger partial charge on any atom is 0.264 e. The topological polar surface area (TPSA) is 184 Å². The highest BCUT2D eigenvalue weighted by molar-refractivity contribution is 6.25. The van der Waals surface area contributed by atoms with Crippen LogP contribution in [0, 0.1) is 6.92 Å². The van der Waals surface area contributed by atoms with Crippen molar-refractivity contribution in [1.29, 1.82) is 0 Å². The number of pyridine rings is 1. The Hall–Kier alpha value is -6.97. The number of aromatic nitrogens is 3. The first-order valence-corrected chi connectivity index (χ1v) is 21.2. The van der Waals surface area contributed by atoms with Gasteiger partial charge < -0.3 is 15.0 Å². The molecule has 5 aromatic rings. The smallest absolute Gasteiger partial charge is 0.264 e. The molecule has 5 amide bonds. The summed E-state index contributed by atoms with van der Waals surface area (Å²) in [4.78, 5) is 95.3. The number of amides is 5. The summed E-state index contributed by atoms with van der Waals surface area (Å²) in [6.07, 6.45) is 6.50. The van der Waals surface area contributed by atoms with Gasteiger partial charge in [-0.25, -0.2) is 9.97 Å². The molecule has 2 saturated heterocycles. The summed E-state index contributed by atoms with van der Waals surface area (Å²) >= 11 is 0. The van der Waals surface area contributed by atoms with E-state index < -0.39 is 29.7 Å². The van der Waals surface area contributed by atoms with Gasteiger partial charge in [-0.15, -0.1) is 0 Å². The minimum atomic E-state index is -1.04. The first kappa shape index (κ1) is 42.7. The van der Waals surface area contributed by atoms with Gasteiger partial charge in [0.1, 0.15) is 11.9 Å². The molecular formula is C48H48N8O7. The highest BCUT2D eigenvalue weighted by Crippen LogP contribution is 2.32. The number of nitrogens with one attached hydrogen (secondary N) is 2. The fourth-order valence-corrected chi connectivity index (χ4v) is 8.19. The average molecular weight is 849 g/mol. The number of anilines is 1. The summed E-state index contributed by atoms with van der Waals surface area (Å²) in [6, 6.07) is 23.5. The fraction of sp³-hybridized carbons (Fsp3) is 0.312. The van der Waals surface area contributed by atoms with Crippen LogP contribution in [0.4, 0.5) is 5.69 Å². The number of aryl methyl sites for hydroxylation is 1. The molecule has 0 radical (unpaired) electrons. The number of ether oxygens (including phenoxy) is 1. The molecule has 15 heteroatoms. The van der Waals surface area contributed by atoms with Crippen LogP contribution >= 0.6 is 0 Å². The third-order valence-electron chi connectivity index (χ3n) is 11.7. The van der Waals surface area contributed by atoms with E-state index in [0.717, 1.165) is 58.0 Å². The van der Waals surface area contributed by atoms with Crippen molar-refractivity contribution < 1.29 is 33.5 Å². The Labute approximate surface area is 364 Å². The van der Waals surface area contributed by atoms with Gasteiger partial charge in [0, 0.05) is 93.9 Å². The van der Waals surface area contributed by atoms with Crippen LogP contribution in [0.5, 0.6) is 0 Å². The molecule has 3 aliphatic rings. The zero-order valence-electron chi connectivity index (χ0n) is 35.0.